The molecule has 27 heavy (non-hydrogen) atoms. The van der Waals surface area contributed by atoms with E-state index in [1.165, 1.54) is 11.9 Å². The number of hydrogen-bond donors (Lipinski definition) is 3. The van der Waals surface area contributed by atoms with Crippen LogP contribution < -0.4 is 16.0 Å². The molecule has 152 valence electrons. The van der Waals surface area contributed by atoms with E-state index in [0.29, 0.717) is 25.5 Å². The van der Waals surface area contributed by atoms with Crippen molar-refractivity contribution < 1.29 is 18.0 Å². The van der Waals surface area contributed by atoms with Crippen molar-refractivity contribution in [3.8, 4) is 0 Å². The Morgan fingerprint density at radius 2 is 2.04 bits per heavy atom. The fraction of sp³-hybridized carbons (Fsp3) is 0.529. The van der Waals surface area contributed by atoms with Crippen molar-refractivity contribution in [2.45, 2.75) is 18.5 Å². The van der Waals surface area contributed by atoms with Gasteiger partial charge in [-0.25, -0.2) is 0 Å². The van der Waals surface area contributed by atoms with Gasteiger partial charge < -0.3 is 16.0 Å². The summed E-state index contributed by atoms with van der Waals surface area (Å²) >= 11 is 0. The molecule has 0 spiro atoms. The average Bonchev–Trinajstić information content (AvgIpc) is 2.55. The quantitative estimate of drug-likeness (QED) is 0.320. The Morgan fingerprint density at radius 3 is 2.70 bits per heavy atom. The molecule has 0 bridgehead atoms. The van der Waals surface area contributed by atoms with Gasteiger partial charge in [-0.3, -0.25) is 14.7 Å². The largest absolute Gasteiger partial charge is 0.401 e. The lowest BCUT2D eigenvalue weighted by Gasteiger charge is -2.26. The maximum atomic E-state index is 12.3. The zero-order valence-corrected chi connectivity index (χ0v) is 17.6. The van der Waals surface area contributed by atoms with E-state index in [2.05, 4.69) is 20.9 Å². The number of alkyl halides is 3. The van der Waals surface area contributed by atoms with Crippen molar-refractivity contribution >= 4 is 41.5 Å². The molecule has 1 atom stereocenters. The van der Waals surface area contributed by atoms with Gasteiger partial charge in [-0.05, 0) is 18.7 Å². The van der Waals surface area contributed by atoms with Gasteiger partial charge >= 0.3 is 6.18 Å². The van der Waals surface area contributed by atoms with Gasteiger partial charge in [-0.2, -0.15) is 13.2 Å². The third kappa shape index (κ3) is 7.91. The molecule has 10 heteroatoms. The Balaban J connectivity index is 0.00000364. The van der Waals surface area contributed by atoms with Crippen molar-refractivity contribution in [2.24, 2.45) is 4.99 Å². The number of aliphatic imine (C=N–C) groups is 1. The molecule has 0 aromatic heterocycles. The first-order chi connectivity index (χ1) is 12.3. The zero-order chi connectivity index (χ0) is 19.2. The highest BCUT2D eigenvalue weighted by atomic mass is 127. The summed E-state index contributed by atoms with van der Waals surface area (Å²) in [6, 6.07) is 7.63. The topological polar surface area (TPSA) is 68.8 Å². The summed E-state index contributed by atoms with van der Waals surface area (Å²) in [6.07, 6.45) is -3.83. The van der Waals surface area contributed by atoms with Crippen LogP contribution in [0, 0.1) is 0 Å². The van der Waals surface area contributed by atoms with Gasteiger partial charge in [0.25, 0.3) is 0 Å². The third-order valence-electron chi connectivity index (χ3n) is 4.08. The van der Waals surface area contributed by atoms with Gasteiger partial charge in [0, 0.05) is 44.7 Å². The standard InChI is InChI=1S/C17H24F3N5O.HI/c1-21-16(22-7-8-25(2)11-17(18,19)20)23-10-12-9-15(26)24-14-6-4-3-5-13(12)14;/h3-6,12H,7-11H2,1-2H3,(H,24,26)(H2,21,22,23);1H. The van der Waals surface area contributed by atoms with Gasteiger partial charge in [0.2, 0.25) is 5.91 Å². The lowest BCUT2D eigenvalue weighted by atomic mass is 9.90. The molecule has 0 saturated heterocycles. The number of guanidine groups is 1. The number of fused-ring (bicyclic) bond motifs is 1. The van der Waals surface area contributed by atoms with Crippen LogP contribution in [0.2, 0.25) is 0 Å². The number of rotatable bonds is 6. The molecular weight excluding hydrogens is 474 g/mol. The second kappa shape index (κ2) is 10.7. The summed E-state index contributed by atoms with van der Waals surface area (Å²) in [5.74, 6) is 0.465. The fourth-order valence-electron chi connectivity index (χ4n) is 2.87. The van der Waals surface area contributed by atoms with E-state index >= 15 is 0 Å². The molecule has 2 rings (SSSR count). The first-order valence-corrected chi connectivity index (χ1v) is 8.37. The van der Waals surface area contributed by atoms with Gasteiger partial charge in [0.05, 0.1) is 6.54 Å². The SMILES string of the molecule is CN=C(NCCN(C)CC(F)(F)F)NCC1CC(=O)Nc2ccccc21.I. The summed E-state index contributed by atoms with van der Waals surface area (Å²) in [5, 5.41) is 8.98. The number of nitrogens with one attached hydrogen (secondary N) is 3. The van der Waals surface area contributed by atoms with Crippen LogP contribution in [0.25, 0.3) is 0 Å². The van der Waals surface area contributed by atoms with Crippen LogP contribution >= 0.6 is 24.0 Å². The van der Waals surface area contributed by atoms with Crippen LogP contribution in [0.1, 0.15) is 17.9 Å². The summed E-state index contributed by atoms with van der Waals surface area (Å²) in [4.78, 5) is 17.1. The van der Waals surface area contributed by atoms with E-state index in [0.717, 1.165) is 11.3 Å². The number of carbonyl (C=O) groups is 1. The van der Waals surface area contributed by atoms with Crippen LogP contribution in [0.4, 0.5) is 18.9 Å². The monoisotopic (exact) mass is 499 g/mol. The van der Waals surface area contributed by atoms with Crippen molar-refractivity contribution in [1.82, 2.24) is 15.5 Å². The Bertz CT molecular complexity index is 654. The van der Waals surface area contributed by atoms with Crippen molar-refractivity contribution in [1.29, 1.82) is 0 Å². The number of nitrogens with zero attached hydrogens (tertiary/aromatic N) is 2. The van der Waals surface area contributed by atoms with Crippen molar-refractivity contribution in [3.63, 3.8) is 0 Å². The molecule has 1 unspecified atom stereocenters. The normalized spacial score (nSPS) is 17.0. The second-order valence-electron chi connectivity index (χ2n) is 6.27. The van der Waals surface area contributed by atoms with Crippen LogP contribution in [0.5, 0.6) is 0 Å². The van der Waals surface area contributed by atoms with E-state index in [-0.39, 0.29) is 42.3 Å². The smallest absolute Gasteiger partial charge is 0.356 e. The van der Waals surface area contributed by atoms with Gasteiger partial charge in [-0.15, -0.1) is 24.0 Å². The molecule has 0 fully saturated rings. The molecule has 0 aliphatic carbocycles. The number of likely N-dealkylation sites (N-methyl/N-ethyl adjacent to an activating group) is 1. The Labute approximate surface area is 174 Å². The van der Waals surface area contributed by atoms with Crippen molar-refractivity contribution in [2.75, 3.05) is 45.6 Å². The van der Waals surface area contributed by atoms with Gasteiger partial charge in [-0.1, -0.05) is 18.2 Å². The lowest BCUT2D eigenvalue weighted by Crippen LogP contribution is -2.44. The molecule has 0 radical (unpaired) electrons. The number of para-hydroxylation sites is 1. The van der Waals surface area contributed by atoms with Gasteiger partial charge in [0.15, 0.2) is 5.96 Å². The number of amides is 1. The molecule has 1 aliphatic rings. The molecular formula is C17H25F3IN5O. The minimum Gasteiger partial charge on any atom is -0.356 e. The molecule has 1 aromatic carbocycles. The highest BCUT2D eigenvalue weighted by Gasteiger charge is 2.29. The number of hydrogen-bond acceptors (Lipinski definition) is 3. The summed E-state index contributed by atoms with van der Waals surface area (Å²) < 4.78 is 36.9. The highest BCUT2D eigenvalue weighted by Crippen LogP contribution is 2.31. The van der Waals surface area contributed by atoms with E-state index in [1.54, 1.807) is 7.05 Å². The maximum absolute atomic E-state index is 12.3. The Hall–Kier alpha value is -1.56. The van der Waals surface area contributed by atoms with Gasteiger partial charge in [0.1, 0.15) is 0 Å². The summed E-state index contributed by atoms with van der Waals surface area (Å²) in [6.45, 7) is 0.111. The molecule has 0 saturated carbocycles. The summed E-state index contributed by atoms with van der Waals surface area (Å²) in [7, 11) is 3.01. The predicted octanol–water partition coefficient (Wildman–Crippen LogP) is 2.39. The molecule has 3 N–H and O–H groups in total. The number of benzene rings is 1. The molecule has 1 amide bonds. The van der Waals surface area contributed by atoms with Crippen molar-refractivity contribution in [3.05, 3.63) is 29.8 Å². The van der Waals surface area contributed by atoms with E-state index in [9.17, 15) is 18.0 Å². The molecule has 1 heterocycles. The fourth-order valence-corrected chi connectivity index (χ4v) is 2.87. The Morgan fingerprint density at radius 1 is 1.33 bits per heavy atom. The lowest BCUT2D eigenvalue weighted by molar-refractivity contribution is -0.142. The number of anilines is 1. The number of halogens is 4. The zero-order valence-electron chi connectivity index (χ0n) is 15.3. The average molecular weight is 499 g/mol. The predicted molar refractivity (Wildman–Crippen MR) is 111 cm³/mol. The van der Waals surface area contributed by atoms with E-state index < -0.39 is 12.7 Å². The van der Waals surface area contributed by atoms with Crippen LogP contribution in [0.3, 0.4) is 0 Å². The molecule has 1 aliphatic heterocycles. The van der Waals surface area contributed by atoms with E-state index in [1.807, 2.05) is 24.3 Å². The second-order valence-corrected chi connectivity index (χ2v) is 6.27. The minimum absolute atomic E-state index is 0. The minimum atomic E-state index is -4.20. The van der Waals surface area contributed by atoms with Crippen LogP contribution in [-0.2, 0) is 4.79 Å². The molecule has 6 nitrogen and oxygen atoms in total. The summed E-state index contributed by atoms with van der Waals surface area (Å²) in [5.41, 5.74) is 1.87. The van der Waals surface area contributed by atoms with Crippen LogP contribution in [-0.4, -0.2) is 63.2 Å². The first kappa shape index (κ1) is 23.5. The highest BCUT2D eigenvalue weighted by molar-refractivity contribution is 14.0. The maximum Gasteiger partial charge on any atom is 0.401 e. The molecule has 1 aromatic rings. The third-order valence-corrected chi connectivity index (χ3v) is 4.08. The number of carbonyl (C=O) groups excluding carboxylic acids is 1. The van der Waals surface area contributed by atoms with Crippen LogP contribution in [0.15, 0.2) is 29.3 Å². The Kier molecular flexibility index (Phi) is 9.30. The van der Waals surface area contributed by atoms with E-state index in [4.69, 9.17) is 0 Å². The first-order valence-electron chi connectivity index (χ1n) is 8.37.